The SMILES string of the molecule is COc1cccc(OC)c1-n1c(CS(=O)(=O)C[C@@H](C)c2ncc(C)cn2)nnc1-c1ccco1.COc1cccc(OC)c1-n1c(CS(=O)(=O)C[C@H](C)c2ncc(C)cn2)nnc1-c1ccco1. The molecule has 0 aliphatic heterocycles. The number of para-hydroxylation sites is 2. The molecule has 0 bridgehead atoms. The Morgan fingerprint density at radius 1 is 0.515 bits per heavy atom. The molecule has 68 heavy (non-hydrogen) atoms. The largest absolute Gasteiger partial charge is 0.494 e. The van der Waals surface area contributed by atoms with E-state index in [0.717, 1.165) is 11.1 Å². The van der Waals surface area contributed by atoms with Crippen LogP contribution in [0.25, 0.3) is 34.5 Å². The lowest BCUT2D eigenvalue weighted by atomic mass is 10.2. The highest BCUT2D eigenvalue weighted by molar-refractivity contribution is 7.90. The minimum absolute atomic E-state index is 0.151. The summed E-state index contributed by atoms with van der Waals surface area (Å²) in [5.41, 5.74) is 2.76. The Hall–Kier alpha value is -7.46. The Labute approximate surface area is 393 Å². The number of benzene rings is 2. The Morgan fingerprint density at radius 2 is 0.853 bits per heavy atom. The Balaban J connectivity index is 0.000000201. The van der Waals surface area contributed by atoms with Crippen molar-refractivity contribution >= 4 is 19.7 Å². The standard InChI is InChI=1S/2C23H25N5O5S/c2*1-15-11-24-22(25-12-15)16(2)13-34(29,30)14-20-26-27-23(19-9-6-10-33-19)28(20)21-17(31-3)7-5-8-18(21)32-4/h2*5-12,16H,13-14H2,1-4H3/t2*16-/m10/s1. The van der Waals surface area contributed by atoms with E-state index in [9.17, 15) is 16.8 Å². The van der Waals surface area contributed by atoms with Gasteiger partial charge in [-0.3, -0.25) is 9.13 Å². The summed E-state index contributed by atoms with van der Waals surface area (Å²) >= 11 is 0. The second-order valence-electron chi connectivity index (χ2n) is 15.7. The monoisotopic (exact) mass is 966 g/mol. The van der Waals surface area contributed by atoms with Gasteiger partial charge in [0.1, 0.15) is 57.5 Å². The lowest BCUT2D eigenvalue weighted by molar-refractivity contribution is 0.390. The fourth-order valence-corrected chi connectivity index (χ4v) is 10.5. The van der Waals surface area contributed by atoms with Crippen molar-refractivity contribution in [2.24, 2.45) is 0 Å². The van der Waals surface area contributed by atoms with E-state index in [1.165, 1.54) is 41.0 Å². The molecule has 0 amide bonds. The summed E-state index contributed by atoms with van der Waals surface area (Å²) in [4.78, 5) is 17.1. The molecule has 22 heteroatoms. The summed E-state index contributed by atoms with van der Waals surface area (Å²) in [6.07, 6.45) is 9.70. The average Bonchev–Trinajstić information content (AvgIpc) is 4.17. The van der Waals surface area contributed by atoms with Gasteiger partial charge in [0.2, 0.25) is 11.6 Å². The molecule has 8 rings (SSSR count). The molecule has 0 aliphatic carbocycles. The van der Waals surface area contributed by atoms with E-state index in [0.29, 0.717) is 69.2 Å². The van der Waals surface area contributed by atoms with Crippen LogP contribution in [0.15, 0.2) is 107 Å². The van der Waals surface area contributed by atoms with Crippen LogP contribution in [-0.2, 0) is 31.2 Å². The minimum Gasteiger partial charge on any atom is -0.494 e. The number of hydrogen-bond acceptors (Lipinski definition) is 18. The van der Waals surface area contributed by atoms with Gasteiger partial charge < -0.3 is 27.8 Å². The zero-order valence-electron chi connectivity index (χ0n) is 38.6. The van der Waals surface area contributed by atoms with Crippen LogP contribution < -0.4 is 18.9 Å². The van der Waals surface area contributed by atoms with Crippen LogP contribution in [0.2, 0.25) is 0 Å². The lowest BCUT2D eigenvalue weighted by Crippen LogP contribution is -2.19. The van der Waals surface area contributed by atoms with E-state index in [-0.39, 0.29) is 34.7 Å². The molecule has 0 aliphatic rings. The molecule has 0 N–H and O–H groups in total. The van der Waals surface area contributed by atoms with Crippen LogP contribution in [0.4, 0.5) is 0 Å². The molecule has 0 saturated heterocycles. The number of ether oxygens (including phenoxy) is 4. The molecule has 0 unspecified atom stereocenters. The Bertz CT molecular complexity index is 2900. The van der Waals surface area contributed by atoms with Crippen LogP contribution in [0.5, 0.6) is 23.0 Å². The maximum atomic E-state index is 13.2. The molecular weight excluding hydrogens is 917 g/mol. The molecule has 20 nitrogen and oxygen atoms in total. The quantitative estimate of drug-likeness (QED) is 0.0866. The number of nitrogens with zero attached hydrogens (tertiary/aromatic N) is 10. The first-order valence-electron chi connectivity index (χ1n) is 21.0. The second kappa shape index (κ2) is 21.0. The van der Waals surface area contributed by atoms with E-state index >= 15 is 0 Å². The molecule has 2 atom stereocenters. The number of furan rings is 2. The molecule has 6 heterocycles. The van der Waals surface area contributed by atoms with E-state index in [1.54, 1.807) is 108 Å². The summed E-state index contributed by atoms with van der Waals surface area (Å²) in [7, 11) is -1.17. The topological polar surface area (TPSA) is 244 Å². The number of methoxy groups -OCH3 is 4. The number of hydrogen-bond donors (Lipinski definition) is 0. The summed E-state index contributed by atoms with van der Waals surface area (Å²) < 4.78 is 89.3. The molecule has 0 saturated carbocycles. The van der Waals surface area contributed by atoms with Crippen molar-refractivity contribution in [3.63, 3.8) is 0 Å². The van der Waals surface area contributed by atoms with Crippen molar-refractivity contribution in [1.29, 1.82) is 0 Å². The van der Waals surface area contributed by atoms with E-state index in [2.05, 4.69) is 40.3 Å². The molecular formula is C46H50N10O10S2. The van der Waals surface area contributed by atoms with Crippen LogP contribution >= 0.6 is 0 Å². The number of aryl methyl sites for hydroxylation is 2. The number of aromatic nitrogens is 10. The summed E-state index contributed by atoms with van der Waals surface area (Å²) in [6, 6.07) is 17.4. The van der Waals surface area contributed by atoms with Gasteiger partial charge in [-0.15, -0.1) is 20.4 Å². The van der Waals surface area contributed by atoms with Gasteiger partial charge in [-0.2, -0.15) is 0 Å². The third-order valence-corrected chi connectivity index (χ3v) is 13.8. The van der Waals surface area contributed by atoms with Crippen molar-refractivity contribution in [3.05, 3.63) is 132 Å². The average molecular weight is 967 g/mol. The number of sulfone groups is 2. The van der Waals surface area contributed by atoms with E-state index in [4.69, 9.17) is 27.8 Å². The molecule has 356 valence electrons. The first-order chi connectivity index (χ1) is 32.6. The summed E-state index contributed by atoms with van der Waals surface area (Å²) in [6.45, 7) is 7.32. The first-order valence-corrected chi connectivity index (χ1v) is 24.7. The normalized spacial score (nSPS) is 12.5. The maximum absolute atomic E-state index is 13.2. The third-order valence-electron chi connectivity index (χ3n) is 10.4. The van der Waals surface area contributed by atoms with Crippen molar-refractivity contribution in [3.8, 4) is 57.5 Å². The minimum atomic E-state index is -3.63. The first kappa shape index (κ1) is 48.5. The van der Waals surface area contributed by atoms with Gasteiger partial charge in [0.05, 0.1) is 52.5 Å². The van der Waals surface area contributed by atoms with Crippen LogP contribution in [0, 0.1) is 13.8 Å². The zero-order valence-corrected chi connectivity index (χ0v) is 40.2. The maximum Gasteiger partial charge on any atom is 0.204 e. The van der Waals surface area contributed by atoms with Gasteiger partial charge in [0, 0.05) is 36.6 Å². The molecule has 0 fully saturated rings. The fraction of sp³-hybridized carbons (Fsp3) is 0.304. The molecule has 0 radical (unpaired) electrons. The van der Waals surface area contributed by atoms with Gasteiger partial charge in [-0.1, -0.05) is 26.0 Å². The van der Waals surface area contributed by atoms with Crippen molar-refractivity contribution in [2.75, 3.05) is 39.9 Å². The lowest BCUT2D eigenvalue weighted by Gasteiger charge is -2.17. The van der Waals surface area contributed by atoms with Gasteiger partial charge in [0.25, 0.3) is 0 Å². The van der Waals surface area contributed by atoms with Crippen molar-refractivity contribution < 1.29 is 44.6 Å². The molecule has 8 aromatic rings. The molecule has 2 aromatic carbocycles. The fourth-order valence-electron chi connectivity index (χ4n) is 7.26. The third kappa shape index (κ3) is 11.0. The van der Waals surface area contributed by atoms with Crippen LogP contribution in [0.3, 0.4) is 0 Å². The Kier molecular flexibility index (Phi) is 15.0. The van der Waals surface area contributed by atoms with Gasteiger partial charge in [-0.05, 0) is 73.5 Å². The highest BCUT2D eigenvalue weighted by Gasteiger charge is 2.30. The van der Waals surface area contributed by atoms with E-state index < -0.39 is 31.5 Å². The highest BCUT2D eigenvalue weighted by atomic mass is 32.2. The van der Waals surface area contributed by atoms with Gasteiger partial charge in [-0.25, -0.2) is 36.8 Å². The summed E-state index contributed by atoms with van der Waals surface area (Å²) in [5.74, 6) is 2.88. The van der Waals surface area contributed by atoms with Crippen LogP contribution in [-0.4, -0.2) is 106 Å². The van der Waals surface area contributed by atoms with E-state index in [1.807, 2.05) is 13.8 Å². The predicted octanol–water partition coefficient (Wildman–Crippen LogP) is 6.72. The molecule has 0 spiro atoms. The summed E-state index contributed by atoms with van der Waals surface area (Å²) in [5, 5.41) is 16.9. The second-order valence-corrected chi connectivity index (χ2v) is 19.9. The molecule has 6 aromatic heterocycles. The number of rotatable bonds is 18. The Morgan fingerprint density at radius 3 is 1.15 bits per heavy atom. The zero-order chi connectivity index (χ0) is 48.6. The van der Waals surface area contributed by atoms with Gasteiger partial charge >= 0.3 is 0 Å². The van der Waals surface area contributed by atoms with Crippen LogP contribution in [0.1, 0.15) is 60.1 Å². The smallest absolute Gasteiger partial charge is 0.204 e. The highest BCUT2D eigenvalue weighted by Crippen LogP contribution is 2.38. The predicted molar refractivity (Wildman–Crippen MR) is 250 cm³/mol. The van der Waals surface area contributed by atoms with Gasteiger partial charge in [0.15, 0.2) is 42.8 Å². The van der Waals surface area contributed by atoms with Crippen molar-refractivity contribution in [1.82, 2.24) is 49.5 Å². The van der Waals surface area contributed by atoms with Crippen molar-refractivity contribution in [2.45, 2.75) is 51.0 Å².